The maximum absolute atomic E-state index is 15.2. The molecule has 0 unspecified atom stereocenters. The van der Waals surface area contributed by atoms with E-state index < -0.39 is 26.6 Å². The molecule has 1 fully saturated rings. The van der Waals surface area contributed by atoms with Gasteiger partial charge < -0.3 is 14.4 Å². The van der Waals surface area contributed by atoms with Crippen LogP contribution in [0.15, 0.2) is 65.7 Å². The number of piperidine rings is 1. The smallest absolute Gasteiger partial charge is 0.264 e. The molecule has 0 saturated carbocycles. The van der Waals surface area contributed by atoms with Crippen LogP contribution >= 0.6 is 11.6 Å². The van der Waals surface area contributed by atoms with Crippen molar-refractivity contribution in [3.05, 3.63) is 88.6 Å². The molecule has 1 saturated heterocycles. The van der Waals surface area contributed by atoms with E-state index in [-0.39, 0.29) is 17.1 Å². The Morgan fingerprint density at radius 3 is 2.50 bits per heavy atom. The maximum atomic E-state index is 15.2. The number of rotatable bonds is 11. The molecular weight excluding hydrogens is 584 g/mol. The van der Waals surface area contributed by atoms with Crippen molar-refractivity contribution in [2.75, 3.05) is 38.1 Å². The van der Waals surface area contributed by atoms with Crippen molar-refractivity contribution >= 4 is 38.2 Å². The van der Waals surface area contributed by atoms with Crippen LogP contribution < -0.4 is 14.2 Å². The number of ether oxygens (including phenoxy) is 2. The lowest BCUT2D eigenvalue weighted by atomic mass is 10.00. The first-order valence-electron chi connectivity index (χ1n) is 13.8. The Kier molecular flexibility index (Phi) is 9.45. The molecule has 222 valence electrons. The van der Waals surface area contributed by atoms with E-state index >= 15 is 4.39 Å². The number of sulfonamides is 1. The quantitative estimate of drug-likeness (QED) is 0.187. The summed E-state index contributed by atoms with van der Waals surface area (Å²) in [5.41, 5.74) is 1.81. The molecule has 0 bridgehead atoms. The molecule has 2 heterocycles. The number of methoxy groups -OCH3 is 1. The van der Waals surface area contributed by atoms with E-state index in [0.717, 1.165) is 55.2 Å². The summed E-state index contributed by atoms with van der Waals surface area (Å²) in [4.78, 5) is 6.37. The largest absolute Gasteiger partial charge is 0.493 e. The van der Waals surface area contributed by atoms with Gasteiger partial charge in [0.05, 0.1) is 24.9 Å². The van der Waals surface area contributed by atoms with Gasteiger partial charge in [-0.3, -0.25) is 9.71 Å². The van der Waals surface area contributed by atoms with Gasteiger partial charge in [-0.25, -0.2) is 17.2 Å². The van der Waals surface area contributed by atoms with Crippen molar-refractivity contribution in [2.24, 2.45) is 0 Å². The number of likely N-dealkylation sites (tertiary alicyclic amines) is 1. The maximum Gasteiger partial charge on any atom is 0.264 e. The summed E-state index contributed by atoms with van der Waals surface area (Å²) in [6.45, 7) is 3.86. The molecule has 5 rings (SSSR count). The molecule has 1 aromatic heterocycles. The van der Waals surface area contributed by atoms with Crippen LogP contribution in [0.2, 0.25) is 5.02 Å². The molecule has 4 aromatic rings. The Morgan fingerprint density at radius 2 is 1.76 bits per heavy atom. The van der Waals surface area contributed by atoms with Gasteiger partial charge >= 0.3 is 0 Å². The van der Waals surface area contributed by atoms with E-state index in [9.17, 15) is 12.8 Å². The standard InChI is InChI=1S/C31H32ClF2N3O4S/c1-40-29-19-25-21(10-11-35-28(25)20-30(29)41-15-5-14-37-12-3-2-4-13-37)16-22-6-8-24(18-26(22)33)36-42(38,39)31-9-7-23(32)17-27(31)34/h6-11,17-20,36H,2-5,12-16H2,1H3. The van der Waals surface area contributed by atoms with Gasteiger partial charge in [0, 0.05) is 35.6 Å². The first-order chi connectivity index (χ1) is 20.2. The molecule has 0 radical (unpaired) electrons. The molecular formula is C31H32ClF2N3O4S. The average Bonchev–Trinajstić information content (AvgIpc) is 2.96. The van der Waals surface area contributed by atoms with Crippen molar-refractivity contribution in [1.82, 2.24) is 9.88 Å². The lowest BCUT2D eigenvalue weighted by Gasteiger charge is -2.26. The number of halogens is 3. The van der Waals surface area contributed by atoms with Crippen molar-refractivity contribution in [2.45, 2.75) is 37.0 Å². The lowest BCUT2D eigenvalue weighted by Crippen LogP contribution is -2.31. The normalized spacial score (nSPS) is 14.2. The van der Waals surface area contributed by atoms with Crippen LogP contribution in [0.4, 0.5) is 14.5 Å². The van der Waals surface area contributed by atoms with Crippen molar-refractivity contribution in [3.8, 4) is 11.5 Å². The van der Waals surface area contributed by atoms with Gasteiger partial charge in [0.25, 0.3) is 10.0 Å². The summed E-state index contributed by atoms with van der Waals surface area (Å²) >= 11 is 5.72. The van der Waals surface area contributed by atoms with Crippen LogP contribution in [0.25, 0.3) is 10.9 Å². The number of hydrogen-bond acceptors (Lipinski definition) is 6. The van der Waals surface area contributed by atoms with Crippen LogP contribution in [0, 0.1) is 11.6 Å². The van der Waals surface area contributed by atoms with E-state index in [1.807, 2.05) is 12.1 Å². The van der Waals surface area contributed by atoms with Gasteiger partial charge in [0.2, 0.25) is 0 Å². The highest BCUT2D eigenvalue weighted by molar-refractivity contribution is 7.92. The first-order valence-corrected chi connectivity index (χ1v) is 15.7. The summed E-state index contributed by atoms with van der Waals surface area (Å²) in [7, 11) is -2.71. The highest BCUT2D eigenvalue weighted by Gasteiger charge is 2.20. The Hall–Kier alpha value is -3.47. The Morgan fingerprint density at radius 1 is 0.952 bits per heavy atom. The summed E-state index contributed by atoms with van der Waals surface area (Å²) in [6.07, 6.45) is 6.61. The highest BCUT2D eigenvalue weighted by Crippen LogP contribution is 2.34. The van der Waals surface area contributed by atoms with E-state index in [1.165, 1.54) is 37.5 Å². The molecule has 0 amide bonds. The van der Waals surface area contributed by atoms with Gasteiger partial charge in [-0.2, -0.15) is 0 Å². The van der Waals surface area contributed by atoms with Gasteiger partial charge in [-0.05, 0) is 85.9 Å². The molecule has 1 aliphatic rings. The predicted octanol–water partition coefficient (Wildman–Crippen LogP) is 6.82. The monoisotopic (exact) mass is 615 g/mol. The molecule has 0 spiro atoms. The Balaban J connectivity index is 1.30. The third kappa shape index (κ3) is 7.11. The predicted molar refractivity (Wildman–Crippen MR) is 160 cm³/mol. The van der Waals surface area contributed by atoms with Crippen LogP contribution in [-0.4, -0.2) is 51.7 Å². The zero-order valence-electron chi connectivity index (χ0n) is 23.2. The van der Waals surface area contributed by atoms with E-state index in [2.05, 4.69) is 14.6 Å². The van der Waals surface area contributed by atoms with E-state index in [0.29, 0.717) is 29.2 Å². The molecule has 11 heteroatoms. The lowest BCUT2D eigenvalue weighted by molar-refractivity contribution is 0.203. The van der Waals surface area contributed by atoms with Gasteiger partial charge in [-0.1, -0.05) is 24.1 Å². The Bertz CT molecular complexity index is 1680. The fourth-order valence-corrected chi connectivity index (χ4v) is 6.42. The number of nitrogens with zero attached hydrogens (tertiary/aromatic N) is 2. The second-order valence-corrected chi connectivity index (χ2v) is 12.3. The van der Waals surface area contributed by atoms with Crippen LogP contribution in [0.1, 0.15) is 36.8 Å². The van der Waals surface area contributed by atoms with E-state index in [4.69, 9.17) is 21.1 Å². The molecule has 3 aromatic carbocycles. The number of fused-ring (bicyclic) bond motifs is 1. The third-order valence-electron chi connectivity index (χ3n) is 7.31. The summed E-state index contributed by atoms with van der Waals surface area (Å²) in [6, 6.07) is 12.7. The number of pyridine rings is 1. The number of anilines is 1. The van der Waals surface area contributed by atoms with Gasteiger partial charge in [0.1, 0.15) is 16.5 Å². The fourth-order valence-electron chi connectivity index (χ4n) is 5.15. The second-order valence-electron chi connectivity index (χ2n) is 10.3. The molecule has 1 aliphatic heterocycles. The van der Waals surface area contributed by atoms with Crippen LogP contribution in [0.3, 0.4) is 0 Å². The Labute approximate surface area is 249 Å². The topological polar surface area (TPSA) is 80.8 Å². The average molecular weight is 616 g/mol. The van der Waals surface area contributed by atoms with Gasteiger partial charge in [0.15, 0.2) is 11.5 Å². The molecule has 1 N–H and O–H groups in total. The summed E-state index contributed by atoms with van der Waals surface area (Å²) in [5, 5.41) is 0.854. The molecule has 0 atom stereocenters. The van der Waals surface area contributed by atoms with Crippen molar-refractivity contribution < 1.29 is 26.7 Å². The number of hydrogen-bond donors (Lipinski definition) is 1. The molecule has 0 aliphatic carbocycles. The van der Waals surface area contributed by atoms with Crippen LogP contribution in [0.5, 0.6) is 11.5 Å². The third-order valence-corrected chi connectivity index (χ3v) is 8.96. The minimum Gasteiger partial charge on any atom is -0.493 e. The highest BCUT2D eigenvalue weighted by atomic mass is 35.5. The van der Waals surface area contributed by atoms with Crippen LogP contribution in [-0.2, 0) is 16.4 Å². The van der Waals surface area contributed by atoms with E-state index in [1.54, 1.807) is 19.4 Å². The second kappa shape index (κ2) is 13.2. The summed E-state index contributed by atoms with van der Waals surface area (Å²) < 4.78 is 68.6. The van der Waals surface area contributed by atoms with Crippen molar-refractivity contribution in [3.63, 3.8) is 0 Å². The number of nitrogens with one attached hydrogen (secondary N) is 1. The van der Waals surface area contributed by atoms with Gasteiger partial charge in [-0.15, -0.1) is 0 Å². The molecule has 42 heavy (non-hydrogen) atoms. The fraction of sp³-hybridized carbons (Fsp3) is 0.323. The minimum atomic E-state index is -4.29. The van der Waals surface area contributed by atoms with Crippen molar-refractivity contribution in [1.29, 1.82) is 0 Å². The zero-order valence-corrected chi connectivity index (χ0v) is 24.8. The SMILES string of the molecule is COc1cc2c(Cc3ccc(NS(=O)(=O)c4ccc(Cl)cc4F)cc3F)ccnc2cc1OCCCN1CCCCC1. The summed E-state index contributed by atoms with van der Waals surface area (Å²) in [5.74, 6) is -0.446. The number of benzene rings is 3. The zero-order chi connectivity index (χ0) is 29.7. The minimum absolute atomic E-state index is 0.0334. The number of aromatic nitrogens is 1. The first kappa shape index (κ1) is 30.0. The molecule has 7 nitrogen and oxygen atoms in total.